The van der Waals surface area contributed by atoms with Crippen LogP contribution in [0.4, 0.5) is 0 Å². The van der Waals surface area contributed by atoms with Gasteiger partial charge in [0.1, 0.15) is 0 Å². The third-order valence-corrected chi connectivity index (χ3v) is 4.16. The molecule has 0 aliphatic heterocycles. The molecule has 1 aromatic rings. The zero-order valence-electron chi connectivity index (χ0n) is 16.0. The smallest absolute Gasteiger partial charge is 0.191 e. The van der Waals surface area contributed by atoms with E-state index in [4.69, 9.17) is 9.47 Å². The van der Waals surface area contributed by atoms with Gasteiger partial charge in [-0.1, -0.05) is 39.7 Å². The third kappa shape index (κ3) is 5.95. The van der Waals surface area contributed by atoms with Crippen molar-refractivity contribution in [2.45, 2.75) is 45.4 Å². The van der Waals surface area contributed by atoms with Crippen LogP contribution in [-0.2, 0) is 5.41 Å². The van der Waals surface area contributed by atoms with Crippen molar-refractivity contribution in [3.8, 4) is 11.5 Å². The van der Waals surface area contributed by atoms with Crippen LogP contribution in [0.3, 0.4) is 0 Å². The number of unbranched alkanes of at least 4 members (excludes halogenated alkanes) is 2. The van der Waals surface area contributed by atoms with Crippen LogP contribution in [-0.4, -0.2) is 40.3 Å². The number of aliphatic imine (C=N–C) groups is 1. The van der Waals surface area contributed by atoms with E-state index in [0.717, 1.165) is 37.0 Å². The molecule has 0 aliphatic carbocycles. The Morgan fingerprint density at radius 2 is 1.79 bits per heavy atom. The van der Waals surface area contributed by atoms with Crippen molar-refractivity contribution in [2.24, 2.45) is 4.99 Å². The van der Waals surface area contributed by atoms with E-state index in [1.54, 1.807) is 21.3 Å². The molecule has 0 heterocycles. The first kappa shape index (κ1) is 20.1. The Balaban J connectivity index is 2.68. The normalized spacial score (nSPS) is 12.0. The molecule has 0 amide bonds. The standard InChI is InChI=1S/C19H33N3O2/c1-7-8-9-12-21-18(20-4)22-14-19(2,3)15-10-11-16(23-5)17(13-15)24-6/h10-11,13H,7-9,12,14H2,1-6H3,(H2,20,21,22). The van der Waals surface area contributed by atoms with E-state index in [-0.39, 0.29) is 5.41 Å². The number of hydrogen-bond acceptors (Lipinski definition) is 3. The first-order chi connectivity index (χ1) is 11.5. The van der Waals surface area contributed by atoms with Crippen LogP contribution in [0.5, 0.6) is 11.5 Å². The van der Waals surface area contributed by atoms with E-state index in [9.17, 15) is 0 Å². The first-order valence-corrected chi connectivity index (χ1v) is 8.65. The van der Waals surface area contributed by atoms with Gasteiger partial charge in [0.05, 0.1) is 14.2 Å². The summed E-state index contributed by atoms with van der Waals surface area (Å²) in [5.74, 6) is 2.35. The van der Waals surface area contributed by atoms with Crippen LogP contribution in [0.25, 0.3) is 0 Å². The quantitative estimate of drug-likeness (QED) is 0.413. The average Bonchev–Trinajstić information content (AvgIpc) is 2.60. The largest absolute Gasteiger partial charge is 0.493 e. The molecular weight excluding hydrogens is 302 g/mol. The minimum Gasteiger partial charge on any atom is -0.493 e. The van der Waals surface area contributed by atoms with Crippen LogP contribution in [0, 0.1) is 0 Å². The Hall–Kier alpha value is -1.91. The highest BCUT2D eigenvalue weighted by Gasteiger charge is 2.22. The molecule has 5 heteroatoms. The van der Waals surface area contributed by atoms with E-state index in [1.165, 1.54) is 18.4 Å². The molecule has 0 fully saturated rings. The van der Waals surface area contributed by atoms with E-state index < -0.39 is 0 Å². The van der Waals surface area contributed by atoms with Gasteiger partial charge < -0.3 is 20.1 Å². The van der Waals surface area contributed by atoms with E-state index in [0.29, 0.717) is 0 Å². The predicted octanol–water partition coefficient (Wildman–Crippen LogP) is 3.34. The minimum atomic E-state index is -0.0689. The summed E-state index contributed by atoms with van der Waals surface area (Å²) in [7, 11) is 5.12. The van der Waals surface area contributed by atoms with Crippen LogP contribution in [0.2, 0.25) is 0 Å². The molecule has 0 bridgehead atoms. The Kier molecular flexibility index (Phi) is 8.44. The molecule has 0 aromatic heterocycles. The summed E-state index contributed by atoms with van der Waals surface area (Å²) in [4.78, 5) is 4.29. The van der Waals surface area contributed by atoms with Gasteiger partial charge in [-0.2, -0.15) is 0 Å². The molecule has 0 radical (unpaired) electrons. The minimum absolute atomic E-state index is 0.0689. The van der Waals surface area contributed by atoms with Gasteiger partial charge in [0.25, 0.3) is 0 Å². The topological polar surface area (TPSA) is 54.9 Å². The molecule has 5 nitrogen and oxygen atoms in total. The molecule has 0 saturated carbocycles. The lowest BCUT2D eigenvalue weighted by Crippen LogP contribution is -2.43. The summed E-state index contributed by atoms with van der Waals surface area (Å²) in [5, 5.41) is 6.78. The van der Waals surface area contributed by atoms with Gasteiger partial charge in [-0.3, -0.25) is 4.99 Å². The maximum Gasteiger partial charge on any atom is 0.191 e. The summed E-state index contributed by atoms with van der Waals surface area (Å²) >= 11 is 0. The van der Waals surface area contributed by atoms with Crippen LogP contribution >= 0.6 is 0 Å². The highest BCUT2D eigenvalue weighted by molar-refractivity contribution is 5.79. The second-order valence-electron chi connectivity index (χ2n) is 6.51. The zero-order valence-corrected chi connectivity index (χ0v) is 16.0. The second-order valence-corrected chi connectivity index (χ2v) is 6.51. The molecule has 0 aliphatic rings. The number of rotatable bonds is 9. The molecule has 24 heavy (non-hydrogen) atoms. The highest BCUT2D eigenvalue weighted by Crippen LogP contribution is 2.32. The van der Waals surface area contributed by atoms with Crippen molar-refractivity contribution in [1.29, 1.82) is 0 Å². The molecular formula is C19H33N3O2. The summed E-state index contributed by atoms with van der Waals surface area (Å²) in [6, 6.07) is 6.08. The number of methoxy groups -OCH3 is 2. The van der Waals surface area contributed by atoms with Crippen molar-refractivity contribution < 1.29 is 9.47 Å². The van der Waals surface area contributed by atoms with E-state index in [1.807, 2.05) is 12.1 Å². The van der Waals surface area contributed by atoms with Crippen molar-refractivity contribution in [3.63, 3.8) is 0 Å². The highest BCUT2D eigenvalue weighted by atomic mass is 16.5. The molecule has 0 saturated heterocycles. The van der Waals surface area contributed by atoms with Crippen molar-refractivity contribution in [2.75, 3.05) is 34.4 Å². The van der Waals surface area contributed by atoms with Crippen LogP contribution < -0.4 is 20.1 Å². The molecule has 0 spiro atoms. The van der Waals surface area contributed by atoms with Crippen molar-refractivity contribution in [3.05, 3.63) is 23.8 Å². The molecule has 1 rings (SSSR count). The SMILES string of the molecule is CCCCCNC(=NC)NCC(C)(C)c1ccc(OC)c(OC)c1. The van der Waals surface area contributed by atoms with Crippen molar-refractivity contribution in [1.82, 2.24) is 10.6 Å². The Morgan fingerprint density at radius 1 is 1.08 bits per heavy atom. The summed E-state index contributed by atoms with van der Waals surface area (Å²) in [5.41, 5.74) is 1.12. The summed E-state index contributed by atoms with van der Waals surface area (Å²) in [6.45, 7) is 8.33. The van der Waals surface area contributed by atoms with Gasteiger partial charge in [-0.25, -0.2) is 0 Å². The van der Waals surface area contributed by atoms with Crippen molar-refractivity contribution >= 4 is 5.96 Å². The van der Waals surface area contributed by atoms with Gasteiger partial charge >= 0.3 is 0 Å². The monoisotopic (exact) mass is 335 g/mol. The van der Waals surface area contributed by atoms with Gasteiger partial charge in [0.15, 0.2) is 17.5 Å². The Labute approximate surface area is 146 Å². The summed E-state index contributed by atoms with van der Waals surface area (Å²) in [6.07, 6.45) is 3.62. The molecule has 1 aromatic carbocycles. The molecule has 136 valence electrons. The fraction of sp³-hybridized carbons (Fsp3) is 0.632. The Morgan fingerprint density at radius 3 is 2.38 bits per heavy atom. The lowest BCUT2D eigenvalue weighted by molar-refractivity contribution is 0.353. The van der Waals surface area contributed by atoms with Gasteiger partial charge in [-0.05, 0) is 24.1 Å². The number of hydrogen-bond donors (Lipinski definition) is 2. The maximum atomic E-state index is 5.41. The first-order valence-electron chi connectivity index (χ1n) is 8.65. The number of nitrogens with zero attached hydrogens (tertiary/aromatic N) is 1. The molecule has 0 atom stereocenters. The van der Waals surface area contributed by atoms with E-state index >= 15 is 0 Å². The third-order valence-electron chi connectivity index (χ3n) is 4.16. The molecule has 2 N–H and O–H groups in total. The average molecular weight is 335 g/mol. The number of guanidine groups is 1. The zero-order chi connectivity index (χ0) is 18.0. The van der Waals surface area contributed by atoms with Crippen LogP contribution in [0.15, 0.2) is 23.2 Å². The van der Waals surface area contributed by atoms with E-state index in [2.05, 4.69) is 42.5 Å². The Bertz CT molecular complexity index is 527. The molecule has 0 unspecified atom stereocenters. The van der Waals surface area contributed by atoms with Gasteiger partial charge in [0, 0.05) is 25.6 Å². The lowest BCUT2D eigenvalue weighted by Gasteiger charge is -2.27. The van der Waals surface area contributed by atoms with Crippen LogP contribution in [0.1, 0.15) is 45.6 Å². The second kappa shape index (κ2) is 10.1. The fourth-order valence-electron chi connectivity index (χ4n) is 2.47. The number of benzene rings is 1. The maximum absolute atomic E-state index is 5.41. The number of ether oxygens (including phenoxy) is 2. The number of nitrogens with one attached hydrogen (secondary N) is 2. The summed E-state index contributed by atoms with van der Waals surface area (Å²) < 4.78 is 10.7. The fourth-order valence-corrected chi connectivity index (χ4v) is 2.47. The predicted molar refractivity (Wildman–Crippen MR) is 101 cm³/mol. The lowest BCUT2D eigenvalue weighted by atomic mass is 9.84. The van der Waals surface area contributed by atoms with Gasteiger partial charge in [0.2, 0.25) is 0 Å². The van der Waals surface area contributed by atoms with Gasteiger partial charge in [-0.15, -0.1) is 0 Å².